The molecule has 0 radical (unpaired) electrons. The Labute approximate surface area is 62.1 Å². The van der Waals surface area contributed by atoms with E-state index in [-0.39, 0.29) is 0 Å². The third-order valence-electron chi connectivity index (χ3n) is 1.37. The van der Waals surface area contributed by atoms with Crippen molar-refractivity contribution >= 4 is 8.80 Å². The first-order chi connectivity index (χ1) is 4.63. The Bertz CT molecular complexity index is 83.4. The molecule has 10 heavy (non-hydrogen) atoms. The summed E-state index contributed by atoms with van der Waals surface area (Å²) in [6, 6.07) is 0. The van der Waals surface area contributed by atoms with Crippen molar-refractivity contribution in [3.8, 4) is 0 Å². The summed E-state index contributed by atoms with van der Waals surface area (Å²) in [7, 11) is 1.65. The lowest BCUT2D eigenvalue weighted by atomic mass is 10.9. The molecule has 0 rings (SSSR count). The first-order valence-corrected chi connectivity index (χ1v) is 4.76. The zero-order valence-electron chi connectivity index (χ0n) is 6.75. The number of aliphatic hydroxyl groups excluding tert-OH is 1. The van der Waals surface area contributed by atoms with Crippen LogP contribution in [0.4, 0.5) is 0 Å². The Kier molecular flexibility index (Phi) is 4.07. The maximum Gasteiger partial charge on any atom is 0.530 e. The molecule has 0 aliphatic carbocycles. The van der Waals surface area contributed by atoms with Gasteiger partial charge in [0.15, 0.2) is 0 Å². The molecule has 0 aliphatic heterocycles. The van der Waals surface area contributed by atoms with Crippen LogP contribution in [0, 0.1) is 0 Å². The summed E-state index contributed by atoms with van der Waals surface area (Å²) in [5.74, 6) is 0. The van der Waals surface area contributed by atoms with Gasteiger partial charge in [0.25, 0.3) is 0 Å². The lowest BCUT2D eigenvalue weighted by molar-refractivity contribution is 0.0652. The molecule has 0 bridgehead atoms. The van der Waals surface area contributed by atoms with Crippen molar-refractivity contribution in [2.75, 3.05) is 21.3 Å². The molecule has 0 amide bonds. The highest BCUT2D eigenvalue weighted by atomic mass is 28.4. The maximum atomic E-state index is 9.15. The van der Waals surface area contributed by atoms with Crippen molar-refractivity contribution < 1.29 is 18.4 Å². The topological polar surface area (TPSA) is 47.9 Å². The molecule has 0 spiro atoms. The average Bonchev–Trinajstić information content (AvgIpc) is 1.92. The Balaban J connectivity index is 4.15. The zero-order chi connectivity index (χ0) is 8.20. The highest BCUT2D eigenvalue weighted by molar-refractivity contribution is 6.61. The van der Waals surface area contributed by atoms with E-state index in [2.05, 4.69) is 0 Å². The van der Waals surface area contributed by atoms with Gasteiger partial charge in [0.2, 0.25) is 0 Å². The normalized spacial score (nSPS) is 15.3. The van der Waals surface area contributed by atoms with Gasteiger partial charge in [-0.1, -0.05) is 0 Å². The van der Waals surface area contributed by atoms with Gasteiger partial charge in [-0.2, -0.15) is 0 Å². The Hall–Kier alpha value is 0.0569. The fourth-order valence-corrected chi connectivity index (χ4v) is 2.29. The molecular weight excluding hydrogens is 152 g/mol. The molecule has 0 aromatic carbocycles. The molecule has 0 heterocycles. The van der Waals surface area contributed by atoms with E-state index in [4.69, 9.17) is 18.4 Å². The Morgan fingerprint density at radius 1 is 1.10 bits per heavy atom. The van der Waals surface area contributed by atoms with E-state index in [1.54, 1.807) is 6.92 Å². The predicted octanol–water partition coefficient (Wildman–Crippen LogP) is -0.216. The van der Waals surface area contributed by atoms with Crippen molar-refractivity contribution in [1.82, 2.24) is 0 Å². The first-order valence-electron chi connectivity index (χ1n) is 2.96. The largest absolute Gasteiger partial charge is 0.530 e. The number of rotatable bonds is 4. The monoisotopic (exact) mass is 166 g/mol. The van der Waals surface area contributed by atoms with Crippen LogP contribution < -0.4 is 0 Å². The van der Waals surface area contributed by atoms with Crippen LogP contribution in [-0.4, -0.2) is 41.0 Å². The second-order valence-corrected chi connectivity index (χ2v) is 5.16. The summed E-state index contributed by atoms with van der Waals surface area (Å²) in [4.78, 5) is 0. The minimum Gasteiger partial charge on any atom is -0.389 e. The molecule has 0 saturated carbocycles. The quantitative estimate of drug-likeness (QED) is 0.587. The van der Waals surface area contributed by atoms with Crippen LogP contribution in [-0.2, 0) is 13.3 Å². The molecule has 5 heteroatoms. The van der Waals surface area contributed by atoms with Gasteiger partial charge < -0.3 is 18.4 Å². The molecule has 4 nitrogen and oxygen atoms in total. The van der Waals surface area contributed by atoms with Crippen LogP contribution in [0.1, 0.15) is 6.92 Å². The van der Waals surface area contributed by atoms with Crippen molar-refractivity contribution in [2.45, 2.75) is 12.7 Å². The van der Waals surface area contributed by atoms with E-state index in [0.717, 1.165) is 0 Å². The van der Waals surface area contributed by atoms with Crippen LogP contribution in [0.25, 0.3) is 0 Å². The molecule has 0 aromatic rings. The molecule has 62 valence electrons. The summed E-state index contributed by atoms with van der Waals surface area (Å²) in [6.07, 6.45) is 0. The van der Waals surface area contributed by atoms with E-state index in [1.807, 2.05) is 0 Å². The van der Waals surface area contributed by atoms with Gasteiger partial charge in [-0.15, -0.1) is 0 Å². The summed E-state index contributed by atoms with van der Waals surface area (Å²) in [5.41, 5.74) is -0.688. The summed E-state index contributed by atoms with van der Waals surface area (Å²) >= 11 is 0. The minimum absolute atomic E-state index is 0.688. The molecule has 0 aromatic heterocycles. The van der Waals surface area contributed by atoms with Gasteiger partial charge in [0.1, 0.15) is 5.73 Å². The van der Waals surface area contributed by atoms with Crippen LogP contribution in [0.15, 0.2) is 0 Å². The fraction of sp³-hybridized carbons (Fsp3) is 1.00. The van der Waals surface area contributed by atoms with E-state index in [0.29, 0.717) is 0 Å². The lowest BCUT2D eigenvalue weighted by Crippen LogP contribution is -2.53. The highest BCUT2D eigenvalue weighted by Crippen LogP contribution is 2.10. The first kappa shape index (κ1) is 10.1. The van der Waals surface area contributed by atoms with Gasteiger partial charge in [0.05, 0.1) is 0 Å². The number of hydrogen-bond acceptors (Lipinski definition) is 4. The molecule has 0 saturated heterocycles. The standard InChI is InChI=1S/C5H14O4Si/c1-5(6)10(7-2,8-3)9-4/h5-6H,1-4H3. The van der Waals surface area contributed by atoms with Crippen molar-refractivity contribution in [1.29, 1.82) is 0 Å². The van der Waals surface area contributed by atoms with Crippen LogP contribution in [0.2, 0.25) is 0 Å². The second kappa shape index (κ2) is 4.04. The zero-order valence-corrected chi connectivity index (χ0v) is 7.75. The van der Waals surface area contributed by atoms with Gasteiger partial charge in [0, 0.05) is 21.3 Å². The average molecular weight is 166 g/mol. The van der Waals surface area contributed by atoms with Gasteiger partial charge in [-0.3, -0.25) is 0 Å². The fourth-order valence-electron chi connectivity index (χ4n) is 0.762. The van der Waals surface area contributed by atoms with E-state index >= 15 is 0 Å². The van der Waals surface area contributed by atoms with Gasteiger partial charge in [-0.25, -0.2) is 0 Å². The van der Waals surface area contributed by atoms with Crippen LogP contribution in [0.3, 0.4) is 0 Å². The lowest BCUT2D eigenvalue weighted by Gasteiger charge is -2.26. The highest BCUT2D eigenvalue weighted by Gasteiger charge is 2.43. The minimum atomic E-state index is -2.74. The molecule has 1 unspecified atom stereocenters. The Morgan fingerprint density at radius 2 is 1.40 bits per heavy atom. The van der Waals surface area contributed by atoms with E-state index in [9.17, 15) is 0 Å². The second-order valence-electron chi connectivity index (χ2n) is 1.89. The SMILES string of the molecule is CO[Si](OC)(OC)C(C)O. The van der Waals surface area contributed by atoms with Crippen molar-refractivity contribution in [3.63, 3.8) is 0 Å². The number of hydrogen-bond donors (Lipinski definition) is 1. The molecule has 0 fully saturated rings. The summed E-state index contributed by atoms with van der Waals surface area (Å²) in [5, 5.41) is 9.15. The maximum absolute atomic E-state index is 9.15. The molecule has 0 aliphatic rings. The third-order valence-corrected chi connectivity index (χ3v) is 4.10. The summed E-state index contributed by atoms with van der Waals surface area (Å²) in [6.45, 7) is 1.59. The van der Waals surface area contributed by atoms with E-state index in [1.165, 1.54) is 21.3 Å². The third kappa shape index (κ3) is 1.77. The molecular formula is C5H14O4Si. The summed E-state index contributed by atoms with van der Waals surface area (Å²) < 4.78 is 14.8. The van der Waals surface area contributed by atoms with Gasteiger partial charge >= 0.3 is 8.80 Å². The van der Waals surface area contributed by atoms with Gasteiger partial charge in [-0.05, 0) is 6.92 Å². The van der Waals surface area contributed by atoms with Crippen molar-refractivity contribution in [2.24, 2.45) is 0 Å². The van der Waals surface area contributed by atoms with Crippen molar-refractivity contribution in [3.05, 3.63) is 0 Å². The molecule has 1 N–H and O–H groups in total. The predicted molar refractivity (Wildman–Crippen MR) is 38.5 cm³/mol. The van der Waals surface area contributed by atoms with Crippen LogP contribution >= 0.6 is 0 Å². The smallest absolute Gasteiger partial charge is 0.389 e. The number of aliphatic hydroxyl groups is 1. The molecule has 1 atom stereocenters. The van der Waals surface area contributed by atoms with Crippen LogP contribution in [0.5, 0.6) is 0 Å². The Morgan fingerprint density at radius 3 is 1.40 bits per heavy atom. The van der Waals surface area contributed by atoms with E-state index < -0.39 is 14.5 Å².